The first-order chi connectivity index (χ1) is 13.8. The summed E-state index contributed by atoms with van der Waals surface area (Å²) < 4.78 is 0. The van der Waals surface area contributed by atoms with Crippen LogP contribution in [0.1, 0.15) is 35.4 Å². The van der Waals surface area contributed by atoms with Crippen molar-refractivity contribution >= 4 is 22.4 Å². The van der Waals surface area contributed by atoms with E-state index in [1.807, 2.05) is 0 Å². The zero-order valence-electron chi connectivity index (χ0n) is 16.2. The third-order valence-electron chi connectivity index (χ3n) is 6.28. The van der Waals surface area contributed by atoms with Gasteiger partial charge in [-0.3, -0.25) is 4.79 Å². The Labute approximate surface area is 166 Å². The number of likely N-dealkylation sites (tertiary alicyclic amines) is 1. The number of carbonyl (C=O) groups excluding carboxylic acids is 1. The number of nitrogens with one attached hydrogen (secondary N) is 1. The molecule has 1 amide bonds. The van der Waals surface area contributed by atoms with E-state index in [0.717, 1.165) is 30.8 Å². The fraction of sp³-hybridized carbons (Fsp3) is 0.320. The number of anilines is 1. The van der Waals surface area contributed by atoms with E-state index in [4.69, 9.17) is 0 Å². The third kappa shape index (κ3) is 3.43. The van der Waals surface area contributed by atoms with Gasteiger partial charge in [0.15, 0.2) is 0 Å². The third-order valence-corrected chi connectivity index (χ3v) is 6.28. The largest absolute Gasteiger partial charge is 0.326 e. The molecule has 0 saturated carbocycles. The van der Waals surface area contributed by atoms with E-state index < -0.39 is 0 Å². The lowest BCUT2D eigenvalue weighted by Crippen LogP contribution is -2.35. The van der Waals surface area contributed by atoms with Gasteiger partial charge in [-0.2, -0.15) is 0 Å². The van der Waals surface area contributed by atoms with E-state index in [1.165, 1.54) is 41.3 Å². The number of piperidine rings is 1. The van der Waals surface area contributed by atoms with Gasteiger partial charge < -0.3 is 10.2 Å². The smallest absolute Gasteiger partial charge is 0.228 e. The molecule has 1 N–H and O–H groups in total. The lowest BCUT2D eigenvalue weighted by molar-refractivity contribution is -0.115. The predicted molar refractivity (Wildman–Crippen MR) is 115 cm³/mol. The summed E-state index contributed by atoms with van der Waals surface area (Å²) >= 11 is 0. The number of hydrogen-bond acceptors (Lipinski definition) is 2. The quantitative estimate of drug-likeness (QED) is 0.718. The first-order valence-electron chi connectivity index (χ1n) is 10.4. The van der Waals surface area contributed by atoms with Crippen LogP contribution in [0.15, 0.2) is 60.7 Å². The number of amides is 1. The molecule has 142 valence electrons. The summed E-state index contributed by atoms with van der Waals surface area (Å²) in [6, 6.07) is 21.9. The molecule has 0 radical (unpaired) electrons. The second-order valence-electron chi connectivity index (χ2n) is 8.17. The maximum atomic E-state index is 11.6. The van der Waals surface area contributed by atoms with Crippen LogP contribution in [0.2, 0.25) is 0 Å². The van der Waals surface area contributed by atoms with Crippen LogP contribution >= 0.6 is 0 Å². The topological polar surface area (TPSA) is 32.3 Å². The fourth-order valence-corrected chi connectivity index (χ4v) is 4.84. The summed E-state index contributed by atoms with van der Waals surface area (Å²) in [5, 5.41) is 5.67. The molecule has 3 aromatic rings. The van der Waals surface area contributed by atoms with Crippen molar-refractivity contribution in [3.8, 4) is 0 Å². The number of nitrogens with zero attached hydrogens (tertiary/aromatic N) is 1. The Balaban J connectivity index is 1.27. The Kier molecular flexibility index (Phi) is 4.61. The highest BCUT2D eigenvalue weighted by atomic mass is 16.1. The maximum Gasteiger partial charge on any atom is 0.228 e. The van der Waals surface area contributed by atoms with Crippen LogP contribution in [0.25, 0.3) is 10.8 Å². The molecule has 2 heterocycles. The van der Waals surface area contributed by atoms with E-state index in [1.54, 1.807) is 0 Å². The monoisotopic (exact) mass is 370 g/mol. The molecule has 0 aromatic heterocycles. The Morgan fingerprint density at radius 3 is 2.89 bits per heavy atom. The molecule has 3 aromatic carbocycles. The van der Waals surface area contributed by atoms with Gasteiger partial charge in [0.25, 0.3) is 0 Å². The molecule has 0 spiro atoms. The van der Waals surface area contributed by atoms with E-state index in [2.05, 4.69) is 70.9 Å². The summed E-state index contributed by atoms with van der Waals surface area (Å²) in [6.07, 6.45) is 4.10. The first kappa shape index (κ1) is 17.4. The van der Waals surface area contributed by atoms with Crippen molar-refractivity contribution in [2.24, 2.45) is 0 Å². The van der Waals surface area contributed by atoms with E-state index in [-0.39, 0.29) is 5.91 Å². The van der Waals surface area contributed by atoms with Gasteiger partial charge >= 0.3 is 0 Å². The summed E-state index contributed by atoms with van der Waals surface area (Å²) in [5.41, 5.74) is 4.98. The SMILES string of the molecule is O=C1Cc2cc(CCN3CCCC(c4cccc5ccccc45)C3)ccc2N1. The minimum atomic E-state index is 0.112. The number of carbonyl (C=O) groups is 1. The van der Waals surface area contributed by atoms with Crippen molar-refractivity contribution in [2.75, 3.05) is 25.0 Å². The van der Waals surface area contributed by atoms with Gasteiger partial charge in [0.2, 0.25) is 5.91 Å². The standard InChI is InChI=1S/C25H26N2O/c28-25-16-21-15-18(10-11-24(21)26-25)12-14-27-13-4-7-20(17-27)23-9-3-6-19-5-1-2-8-22(19)23/h1-3,5-6,8-11,15,20H,4,7,12-14,16-17H2,(H,26,28). The van der Waals surface area contributed by atoms with E-state index >= 15 is 0 Å². The zero-order chi connectivity index (χ0) is 18.9. The Morgan fingerprint density at radius 1 is 1.04 bits per heavy atom. The van der Waals surface area contributed by atoms with Gasteiger partial charge in [-0.05, 0) is 65.3 Å². The normalized spacial score (nSPS) is 19.6. The van der Waals surface area contributed by atoms with Crippen molar-refractivity contribution in [3.63, 3.8) is 0 Å². The molecule has 2 aliphatic heterocycles. The molecular weight excluding hydrogens is 344 g/mol. The number of rotatable bonds is 4. The van der Waals surface area contributed by atoms with E-state index in [0.29, 0.717) is 12.3 Å². The number of benzene rings is 3. The summed E-state index contributed by atoms with van der Waals surface area (Å²) in [6.45, 7) is 3.41. The number of fused-ring (bicyclic) bond motifs is 2. The van der Waals surface area contributed by atoms with Crippen molar-refractivity contribution in [1.29, 1.82) is 0 Å². The molecule has 2 aliphatic rings. The molecule has 1 atom stereocenters. The Bertz CT molecular complexity index is 1020. The molecule has 1 saturated heterocycles. The highest BCUT2D eigenvalue weighted by Crippen LogP contribution is 2.32. The van der Waals surface area contributed by atoms with Crippen LogP contribution in [-0.4, -0.2) is 30.4 Å². The van der Waals surface area contributed by atoms with Gasteiger partial charge in [0, 0.05) is 18.8 Å². The minimum Gasteiger partial charge on any atom is -0.326 e. The predicted octanol–water partition coefficient (Wildman–Crippen LogP) is 4.76. The van der Waals surface area contributed by atoms with Crippen LogP contribution in [0.3, 0.4) is 0 Å². The first-order valence-corrected chi connectivity index (χ1v) is 10.4. The maximum absolute atomic E-state index is 11.6. The van der Waals surface area contributed by atoms with Crippen molar-refractivity contribution in [2.45, 2.75) is 31.6 Å². The average molecular weight is 370 g/mol. The Morgan fingerprint density at radius 2 is 1.93 bits per heavy atom. The highest BCUT2D eigenvalue weighted by Gasteiger charge is 2.23. The molecule has 5 rings (SSSR count). The van der Waals surface area contributed by atoms with Gasteiger partial charge in [-0.1, -0.05) is 54.6 Å². The fourth-order valence-electron chi connectivity index (χ4n) is 4.84. The van der Waals surface area contributed by atoms with Crippen LogP contribution in [0, 0.1) is 0 Å². The van der Waals surface area contributed by atoms with Crippen molar-refractivity contribution < 1.29 is 4.79 Å². The van der Waals surface area contributed by atoms with Crippen LogP contribution in [-0.2, 0) is 17.6 Å². The average Bonchev–Trinajstić information content (AvgIpc) is 3.11. The second-order valence-corrected chi connectivity index (χ2v) is 8.17. The minimum absolute atomic E-state index is 0.112. The van der Waals surface area contributed by atoms with Gasteiger partial charge in [-0.15, -0.1) is 0 Å². The molecule has 1 unspecified atom stereocenters. The van der Waals surface area contributed by atoms with Gasteiger partial charge in [0.1, 0.15) is 0 Å². The van der Waals surface area contributed by atoms with Crippen molar-refractivity contribution in [3.05, 3.63) is 77.4 Å². The second kappa shape index (κ2) is 7.40. The highest BCUT2D eigenvalue weighted by molar-refractivity contribution is 5.99. The Hall–Kier alpha value is -2.65. The lowest BCUT2D eigenvalue weighted by atomic mass is 9.87. The molecule has 0 bridgehead atoms. The van der Waals surface area contributed by atoms with Gasteiger partial charge in [-0.25, -0.2) is 0 Å². The zero-order valence-corrected chi connectivity index (χ0v) is 16.2. The lowest BCUT2D eigenvalue weighted by Gasteiger charge is -2.33. The molecule has 1 fully saturated rings. The summed E-state index contributed by atoms with van der Waals surface area (Å²) in [7, 11) is 0. The number of hydrogen-bond donors (Lipinski definition) is 1. The summed E-state index contributed by atoms with van der Waals surface area (Å²) in [5.74, 6) is 0.725. The molecule has 0 aliphatic carbocycles. The molecule has 28 heavy (non-hydrogen) atoms. The molecular formula is C25H26N2O. The van der Waals surface area contributed by atoms with Crippen LogP contribution < -0.4 is 5.32 Å². The van der Waals surface area contributed by atoms with Crippen LogP contribution in [0.4, 0.5) is 5.69 Å². The molecule has 3 nitrogen and oxygen atoms in total. The summed E-state index contributed by atoms with van der Waals surface area (Å²) in [4.78, 5) is 14.2. The van der Waals surface area contributed by atoms with E-state index in [9.17, 15) is 4.79 Å². The molecule has 3 heteroatoms. The van der Waals surface area contributed by atoms with Crippen LogP contribution in [0.5, 0.6) is 0 Å². The van der Waals surface area contributed by atoms with Crippen molar-refractivity contribution in [1.82, 2.24) is 4.90 Å². The van der Waals surface area contributed by atoms with Gasteiger partial charge in [0.05, 0.1) is 6.42 Å².